The molecule has 0 aliphatic carbocycles. The van der Waals surface area contributed by atoms with E-state index in [2.05, 4.69) is 160 Å². The molecule has 0 heterocycles. The monoisotopic (exact) mass is 1350 g/mol. The van der Waals surface area contributed by atoms with Crippen LogP contribution in [0.5, 0.6) is 0 Å². The van der Waals surface area contributed by atoms with Gasteiger partial charge in [0.25, 0.3) is 6.29 Å². The van der Waals surface area contributed by atoms with Gasteiger partial charge in [-0.05, 0) is 122 Å². The molecule has 1 N–H and O–H groups in total. The number of aliphatic carboxylic acids is 1. The van der Waals surface area contributed by atoms with Crippen LogP contribution in [-0.2, 0) is 33.3 Å². The van der Waals surface area contributed by atoms with E-state index < -0.39 is 24.3 Å². The van der Waals surface area contributed by atoms with Gasteiger partial charge in [0.1, 0.15) is 13.2 Å². The highest BCUT2D eigenvalue weighted by Crippen LogP contribution is 2.18. The summed E-state index contributed by atoms with van der Waals surface area (Å²) in [4.78, 5) is 37.7. The molecule has 554 valence electrons. The van der Waals surface area contributed by atoms with Gasteiger partial charge in [-0.1, -0.05) is 346 Å². The number of carboxylic acids is 1. The number of carbonyl (C=O) groups excluding carboxylic acids is 2. The number of hydrogen-bond donors (Lipinski definition) is 1. The zero-order valence-corrected chi connectivity index (χ0v) is 63.4. The molecule has 0 aliphatic heterocycles. The van der Waals surface area contributed by atoms with Crippen LogP contribution in [0.2, 0.25) is 0 Å². The van der Waals surface area contributed by atoms with Gasteiger partial charge in [0.2, 0.25) is 0 Å². The first-order valence-electron chi connectivity index (χ1n) is 40.0. The van der Waals surface area contributed by atoms with Crippen molar-refractivity contribution in [3.63, 3.8) is 0 Å². The third-order valence-electron chi connectivity index (χ3n) is 17.1. The molecular formula is C88H150NO8+. The predicted octanol–water partition coefficient (Wildman–Crippen LogP) is 25.8. The van der Waals surface area contributed by atoms with Gasteiger partial charge in [0.05, 0.1) is 34.4 Å². The van der Waals surface area contributed by atoms with Crippen molar-refractivity contribution in [3.8, 4) is 0 Å². The average Bonchev–Trinajstić information content (AvgIpc) is 2.59. The zero-order chi connectivity index (χ0) is 70.4. The van der Waals surface area contributed by atoms with E-state index in [0.29, 0.717) is 17.4 Å². The molecule has 97 heavy (non-hydrogen) atoms. The second-order valence-electron chi connectivity index (χ2n) is 27.6. The van der Waals surface area contributed by atoms with Gasteiger partial charge in [-0.3, -0.25) is 9.59 Å². The summed E-state index contributed by atoms with van der Waals surface area (Å²) < 4.78 is 23.0. The number of rotatable bonds is 73. The van der Waals surface area contributed by atoms with Gasteiger partial charge in [0.15, 0.2) is 6.10 Å². The Morgan fingerprint density at radius 3 is 0.897 bits per heavy atom. The Morgan fingerprint density at radius 2 is 0.588 bits per heavy atom. The van der Waals surface area contributed by atoms with Crippen LogP contribution in [0.1, 0.15) is 335 Å². The number of hydrogen-bond acceptors (Lipinski definition) is 7. The fourth-order valence-corrected chi connectivity index (χ4v) is 11.0. The second kappa shape index (κ2) is 76.9. The Labute approximate surface area is 598 Å². The summed E-state index contributed by atoms with van der Waals surface area (Å²) in [5, 5.41) is 9.77. The number of carboxylic acid groups (broad SMARTS) is 1. The van der Waals surface area contributed by atoms with E-state index in [1.165, 1.54) is 199 Å². The Balaban J connectivity index is 4.10. The van der Waals surface area contributed by atoms with Gasteiger partial charge in [-0.25, -0.2) is 4.79 Å². The fraction of sp³-hybridized carbons (Fsp3) is 0.693. The molecule has 0 aromatic rings. The normalized spacial score (nSPS) is 13.5. The molecule has 0 amide bonds. The van der Waals surface area contributed by atoms with Crippen molar-refractivity contribution in [2.24, 2.45) is 0 Å². The van der Waals surface area contributed by atoms with Gasteiger partial charge in [0, 0.05) is 12.8 Å². The maximum absolute atomic E-state index is 13.0. The van der Waals surface area contributed by atoms with Crippen LogP contribution in [0.4, 0.5) is 0 Å². The number of likely N-dealkylation sites (N-methyl/N-ethyl adjacent to an activating group) is 1. The summed E-state index contributed by atoms with van der Waals surface area (Å²) in [6.45, 7) is 4.72. The van der Waals surface area contributed by atoms with Crippen molar-refractivity contribution in [3.05, 3.63) is 146 Å². The number of carbonyl (C=O) groups is 3. The first-order valence-corrected chi connectivity index (χ1v) is 40.0. The molecule has 2 unspecified atom stereocenters. The van der Waals surface area contributed by atoms with Gasteiger partial charge in [-0.2, -0.15) is 0 Å². The van der Waals surface area contributed by atoms with Crippen molar-refractivity contribution in [2.75, 3.05) is 47.5 Å². The summed E-state index contributed by atoms with van der Waals surface area (Å²) in [5.74, 6) is -2.07. The van der Waals surface area contributed by atoms with E-state index in [1.807, 2.05) is 21.1 Å². The Bertz CT molecular complexity index is 2110. The highest BCUT2D eigenvalue weighted by molar-refractivity contribution is 5.71. The lowest BCUT2D eigenvalue weighted by Gasteiger charge is -2.25. The van der Waals surface area contributed by atoms with Crippen molar-refractivity contribution in [1.82, 2.24) is 0 Å². The third kappa shape index (κ3) is 78.4. The Morgan fingerprint density at radius 1 is 0.320 bits per heavy atom. The number of quaternary nitrogens is 1. The van der Waals surface area contributed by atoms with Crippen LogP contribution >= 0.6 is 0 Å². The van der Waals surface area contributed by atoms with E-state index in [4.69, 9.17) is 18.9 Å². The van der Waals surface area contributed by atoms with E-state index >= 15 is 0 Å². The quantitative estimate of drug-likeness (QED) is 0.0211. The molecule has 0 spiro atoms. The molecule has 0 aromatic carbocycles. The number of nitrogens with zero attached hydrogens (tertiary/aromatic N) is 1. The SMILES string of the molecule is CC/C=C\C/C=C\C/C=C\C/C=C\C/C=C\C/C=C\C/C=C\C/C=C\C/C=C\C/C=C\CCCCC(=O)OC(COC(=O)CCCCCCCCCCCCCCCCCCCCCCCCCCCCC/C=C\C/C=C\CCCCCCC)COC(OCC[N+](C)(C)C)C(=O)O. The number of esters is 2. The summed E-state index contributed by atoms with van der Waals surface area (Å²) in [5.41, 5.74) is 0. The molecule has 0 rings (SSSR count). The maximum atomic E-state index is 13.0. The van der Waals surface area contributed by atoms with Crippen molar-refractivity contribution in [2.45, 2.75) is 347 Å². The molecule has 9 nitrogen and oxygen atoms in total. The average molecular weight is 1350 g/mol. The zero-order valence-electron chi connectivity index (χ0n) is 63.4. The van der Waals surface area contributed by atoms with Crippen LogP contribution < -0.4 is 0 Å². The molecule has 0 saturated carbocycles. The number of allylic oxidation sites excluding steroid dienone is 24. The van der Waals surface area contributed by atoms with Crippen LogP contribution in [0.15, 0.2) is 146 Å². The maximum Gasteiger partial charge on any atom is 0.361 e. The molecule has 0 aliphatic rings. The molecule has 9 heteroatoms. The largest absolute Gasteiger partial charge is 0.477 e. The molecule has 0 saturated heterocycles. The van der Waals surface area contributed by atoms with Crippen molar-refractivity contribution in [1.29, 1.82) is 0 Å². The Hall–Kier alpha value is -4.83. The first kappa shape index (κ1) is 92.2. The van der Waals surface area contributed by atoms with Crippen molar-refractivity contribution >= 4 is 17.9 Å². The highest BCUT2D eigenvalue weighted by Gasteiger charge is 2.25. The minimum absolute atomic E-state index is 0.173. The molecule has 2 atom stereocenters. The Kier molecular flexibility index (Phi) is 73.1. The minimum atomic E-state index is -1.53. The van der Waals surface area contributed by atoms with Crippen LogP contribution in [0, 0.1) is 0 Å². The standard InChI is InChI=1S/C88H149NO8/c1-6-8-10-12-14-16-18-20-22-24-26-28-30-32-34-36-38-40-41-42-43-44-45-47-48-50-52-54-56-58-60-62-64-66-68-70-72-74-76-78-85(90)95-82-84(83-96-88(87(92)93)94-81-80-89(3,4)5)97-86(91)79-77-75-73-71-69-67-65-63-61-59-57-55-53-51-49-46-39-37-35-33-31-29-27-25-23-21-19-17-15-13-11-9-7-2/h9,11,15,17-18,20-21,23-24,26-27,29,33,35,39,46,51,53,57,59,63,65,69,71,84,88H,6-8,10,12-14,16,19,22,25,28,30-32,34,36-38,40-45,47-50,52,54-56,58,60-62,64,66-68,70,72-83H2,1-5H3/p+1/b11-9-,17-15-,20-18-,23-21-,26-24-,29-27-,35-33-,46-39-,53-51-,59-57-,65-63-,71-69-. The fourth-order valence-electron chi connectivity index (χ4n) is 11.0. The van der Waals surface area contributed by atoms with Crippen LogP contribution in [-0.4, -0.2) is 87.4 Å². The molecule has 0 bridgehead atoms. The summed E-state index contributed by atoms with van der Waals surface area (Å²) in [7, 11) is 5.96. The summed E-state index contributed by atoms with van der Waals surface area (Å²) in [6.07, 6.45) is 110. The number of ether oxygens (including phenoxy) is 4. The predicted molar refractivity (Wildman–Crippen MR) is 419 cm³/mol. The van der Waals surface area contributed by atoms with Gasteiger partial charge in [-0.15, -0.1) is 0 Å². The van der Waals surface area contributed by atoms with E-state index in [9.17, 15) is 19.5 Å². The van der Waals surface area contributed by atoms with Crippen LogP contribution in [0.25, 0.3) is 0 Å². The number of unbranched alkanes of at least 4 members (excludes halogenated alkanes) is 34. The molecule has 0 aromatic heterocycles. The lowest BCUT2D eigenvalue weighted by molar-refractivity contribution is -0.870. The van der Waals surface area contributed by atoms with Gasteiger partial charge < -0.3 is 28.5 Å². The first-order chi connectivity index (χ1) is 47.6. The molecule has 0 radical (unpaired) electrons. The topological polar surface area (TPSA) is 108 Å². The minimum Gasteiger partial charge on any atom is -0.477 e. The van der Waals surface area contributed by atoms with Crippen molar-refractivity contribution < 1.29 is 42.9 Å². The van der Waals surface area contributed by atoms with Gasteiger partial charge >= 0.3 is 17.9 Å². The van der Waals surface area contributed by atoms with E-state index in [1.54, 1.807) is 0 Å². The van der Waals surface area contributed by atoms with E-state index in [0.717, 1.165) is 103 Å². The lowest BCUT2D eigenvalue weighted by Crippen LogP contribution is -2.40. The van der Waals surface area contributed by atoms with Crippen LogP contribution in [0.3, 0.4) is 0 Å². The second-order valence-corrected chi connectivity index (χ2v) is 27.6. The smallest absolute Gasteiger partial charge is 0.361 e. The molecule has 0 fully saturated rings. The van der Waals surface area contributed by atoms with E-state index in [-0.39, 0.29) is 38.6 Å². The molecular weight excluding hydrogens is 1200 g/mol. The highest BCUT2D eigenvalue weighted by atomic mass is 16.7. The summed E-state index contributed by atoms with van der Waals surface area (Å²) in [6, 6.07) is 0. The third-order valence-corrected chi connectivity index (χ3v) is 17.1. The lowest BCUT2D eigenvalue weighted by atomic mass is 10.0. The summed E-state index contributed by atoms with van der Waals surface area (Å²) >= 11 is 0.